The smallest absolute Gasteiger partial charge is 0.243 e. The van der Waals surface area contributed by atoms with Gasteiger partial charge in [-0.3, -0.25) is 14.7 Å². The average molecular weight is 500 g/mol. The molecule has 0 atom stereocenters. The number of likely N-dealkylation sites (N-methyl/N-ethyl adjacent to an activating group) is 1. The van der Waals surface area contributed by atoms with Crippen LogP contribution in [0.4, 0.5) is 0 Å². The molecule has 0 aliphatic carbocycles. The highest BCUT2D eigenvalue weighted by Gasteiger charge is 2.20. The van der Waals surface area contributed by atoms with Gasteiger partial charge in [-0.2, -0.15) is 0 Å². The van der Waals surface area contributed by atoms with E-state index < -0.39 is 0 Å². The van der Waals surface area contributed by atoms with Crippen molar-refractivity contribution in [2.24, 2.45) is 4.99 Å². The number of pyridine rings is 1. The van der Waals surface area contributed by atoms with E-state index in [1.54, 1.807) is 19.0 Å². The van der Waals surface area contributed by atoms with Gasteiger partial charge in [-0.1, -0.05) is 18.2 Å². The zero-order valence-electron chi connectivity index (χ0n) is 17.1. The van der Waals surface area contributed by atoms with Crippen molar-refractivity contribution in [2.45, 2.75) is 32.4 Å². The van der Waals surface area contributed by atoms with E-state index in [9.17, 15) is 4.79 Å². The van der Waals surface area contributed by atoms with Crippen LogP contribution in [0.25, 0.3) is 0 Å². The number of nitrogens with one attached hydrogen (secondary N) is 2. The van der Waals surface area contributed by atoms with E-state index >= 15 is 0 Å². The molecule has 0 spiro atoms. The number of guanidine groups is 1. The highest BCUT2D eigenvalue weighted by Crippen LogP contribution is 2.12. The van der Waals surface area contributed by atoms with Crippen molar-refractivity contribution in [1.82, 2.24) is 25.4 Å². The fourth-order valence-corrected chi connectivity index (χ4v) is 2.82. The largest absolute Gasteiger partial charge is 0.354 e. The molecule has 7 nitrogen and oxygen atoms in total. The standard InChI is InChI=1S/C20H32N6O.HI/c1-16(2)13-22-20(23-14-19(27)25(3)4)24-17-8-11-26(12-9-17)15-18-7-5-6-10-21-18;/h5-7,10,17H,1,8-9,11-15H2,2-4H3,(H2,22,23,24);1H. The molecule has 2 N–H and O–H groups in total. The summed E-state index contributed by atoms with van der Waals surface area (Å²) >= 11 is 0. The van der Waals surface area contributed by atoms with E-state index in [4.69, 9.17) is 0 Å². The van der Waals surface area contributed by atoms with Gasteiger partial charge in [0.15, 0.2) is 5.96 Å². The third-order valence-electron chi connectivity index (χ3n) is 4.47. The topological polar surface area (TPSA) is 72.9 Å². The zero-order chi connectivity index (χ0) is 19.6. The van der Waals surface area contributed by atoms with E-state index in [0.717, 1.165) is 43.7 Å². The third-order valence-corrected chi connectivity index (χ3v) is 4.47. The molecule has 2 heterocycles. The predicted octanol–water partition coefficient (Wildman–Crippen LogP) is 1.86. The maximum absolute atomic E-state index is 11.8. The molecule has 1 aromatic heterocycles. The summed E-state index contributed by atoms with van der Waals surface area (Å²) in [6, 6.07) is 6.38. The number of hydrogen-bond donors (Lipinski definition) is 2. The number of amides is 1. The minimum absolute atomic E-state index is 0. The van der Waals surface area contributed by atoms with E-state index in [1.165, 1.54) is 0 Å². The van der Waals surface area contributed by atoms with Gasteiger partial charge in [0, 0.05) is 52.5 Å². The molecule has 156 valence electrons. The number of likely N-dealkylation sites (tertiary alicyclic amines) is 1. The predicted molar refractivity (Wildman–Crippen MR) is 125 cm³/mol. The molecule has 1 aliphatic heterocycles. The lowest BCUT2D eigenvalue weighted by Gasteiger charge is -2.33. The van der Waals surface area contributed by atoms with Gasteiger partial charge in [0.2, 0.25) is 5.91 Å². The fourth-order valence-electron chi connectivity index (χ4n) is 2.82. The number of nitrogens with zero attached hydrogens (tertiary/aromatic N) is 4. The first-order valence-electron chi connectivity index (χ1n) is 9.45. The summed E-state index contributed by atoms with van der Waals surface area (Å²) in [5.41, 5.74) is 2.13. The Bertz CT molecular complexity index is 641. The molecule has 2 rings (SSSR count). The summed E-state index contributed by atoms with van der Waals surface area (Å²) in [6.07, 6.45) is 3.90. The number of rotatable bonds is 7. The van der Waals surface area contributed by atoms with Gasteiger partial charge in [-0.25, -0.2) is 4.99 Å². The van der Waals surface area contributed by atoms with E-state index in [0.29, 0.717) is 18.5 Å². The molecule has 1 saturated heterocycles. The van der Waals surface area contributed by atoms with Crippen molar-refractivity contribution in [3.63, 3.8) is 0 Å². The van der Waals surface area contributed by atoms with Gasteiger partial charge in [0.25, 0.3) is 0 Å². The number of carbonyl (C=O) groups is 1. The fraction of sp³-hybridized carbons (Fsp3) is 0.550. The normalized spacial score (nSPS) is 15.5. The second kappa shape index (κ2) is 12.7. The molecule has 8 heteroatoms. The molecular weight excluding hydrogens is 467 g/mol. The van der Waals surface area contributed by atoms with Gasteiger partial charge in [-0.05, 0) is 31.9 Å². The molecule has 0 aromatic carbocycles. The van der Waals surface area contributed by atoms with Gasteiger partial charge in [0.1, 0.15) is 6.54 Å². The first-order chi connectivity index (χ1) is 12.9. The number of piperidine rings is 1. The quantitative estimate of drug-likeness (QED) is 0.259. The van der Waals surface area contributed by atoms with Crippen molar-refractivity contribution in [3.05, 3.63) is 42.2 Å². The lowest BCUT2D eigenvalue weighted by molar-refractivity contribution is -0.127. The monoisotopic (exact) mass is 500 g/mol. The Morgan fingerprint density at radius 2 is 2.07 bits per heavy atom. The van der Waals surface area contributed by atoms with Crippen LogP contribution in [-0.2, 0) is 11.3 Å². The summed E-state index contributed by atoms with van der Waals surface area (Å²) in [4.78, 5) is 24.6. The molecule has 28 heavy (non-hydrogen) atoms. The number of halogens is 1. The van der Waals surface area contributed by atoms with Gasteiger partial charge in [0.05, 0.1) is 5.69 Å². The molecule has 0 saturated carbocycles. The summed E-state index contributed by atoms with van der Waals surface area (Å²) < 4.78 is 0. The Hall–Kier alpha value is -1.68. The van der Waals surface area contributed by atoms with Crippen LogP contribution in [-0.4, -0.2) is 73.0 Å². The Balaban J connectivity index is 0.00000392. The van der Waals surface area contributed by atoms with Gasteiger partial charge >= 0.3 is 0 Å². The van der Waals surface area contributed by atoms with Crippen LogP contribution in [0.1, 0.15) is 25.5 Å². The van der Waals surface area contributed by atoms with Crippen LogP contribution in [0.2, 0.25) is 0 Å². The Morgan fingerprint density at radius 3 is 2.64 bits per heavy atom. The summed E-state index contributed by atoms with van der Waals surface area (Å²) in [6.45, 7) is 9.57. The first-order valence-corrected chi connectivity index (χ1v) is 9.45. The number of aliphatic imine (C=N–C) groups is 1. The SMILES string of the molecule is C=C(C)CNC(=NCC(=O)N(C)C)NC1CCN(Cc2ccccn2)CC1.I. The molecule has 0 unspecified atom stereocenters. The minimum Gasteiger partial charge on any atom is -0.354 e. The minimum atomic E-state index is -0.0170. The van der Waals surface area contributed by atoms with Gasteiger partial charge < -0.3 is 15.5 Å². The molecule has 0 radical (unpaired) electrons. The molecular formula is C20H33IN6O. The summed E-state index contributed by atoms with van der Waals surface area (Å²) in [5, 5.41) is 6.73. The van der Waals surface area contributed by atoms with Crippen LogP contribution < -0.4 is 10.6 Å². The number of carbonyl (C=O) groups excluding carboxylic acids is 1. The first kappa shape index (κ1) is 24.4. The second-order valence-corrected chi connectivity index (χ2v) is 7.28. The zero-order valence-corrected chi connectivity index (χ0v) is 19.5. The van der Waals surface area contributed by atoms with Gasteiger partial charge in [-0.15, -0.1) is 24.0 Å². The molecule has 1 amide bonds. The average Bonchev–Trinajstić information content (AvgIpc) is 2.65. The maximum Gasteiger partial charge on any atom is 0.243 e. The third kappa shape index (κ3) is 9.01. The Labute approximate surface area is 185 Å². The maximum atomic E-state index is 11.8. The Kier molecular flexibility index (Phi) is 11.1. The summed E-state index contributed by atoms with van der Waals surface area (Å²) in [7, 11) is 3.48. The van der Waals surface area contributed by atoms with Crippen molar-refractivity contribution in [3.8, 4) is 0 Å². The molecule has 0 bridgehead atoms. The van der Waals surface area contributed by atoms with E-state index in [-0.39, 0.29) is 36.4 Å². The highest BCUT2D eigenvalue weighted by molar-refractivity contribution is 14.0. The number of aromatic nitrogens is 1. The van der Waals surface area contributed by atoms with Crippen LogP contribution >= 0.6 is 24.0 Å². The molecule has 1 fully saturated rings. The lowest BCUT2D eigenvalue weighted by Crippen LogP contribution is -2.49. The summed E-state index contributed by atoms with van der Waals surface area (Å²) in [5.74, 6) is 0.660. The van der Waals surface area contributed by atoms with Crippen molar-refractivity contribution < 1.29 is 4.79 Å². The van der Waals surface area contributed by atoms with Crippen LogP contribution in [0.3, 0.4) is 0 Å². The van der Waals surface area contributed by atoms with Crippen LogP contribution in [0.15, 0.2) is 41.5 Å². The second-order valence-electron chi connectivity index (χ2n) is 7.28. The van der Waals surface area contributed by atoms with Crippen molar-refractivity contribution in [2.75, 3.05) is 40.3 Å². The van der Waals surface area contributed by atoms with E-state index in [2.05, 4.69) is 38.2 Å². The molecule has 1 aromatic rings. The number of hydrogen-bond acceptors (Lipinski definition) is 4. The van der Waals surface area contributed by atoms with Crippen LogP contribution in [0, 0.1) is 0 Å². The van der Waals surface area contributed by atoms with Crippen molar-refractivity contribution >= 4 is 35.8 Å². The van der Waals surface area contributed by atoms with Crippen molar-refractivity contribution in [1.29, 1.82) is 0 Å². The lowest BCUT2D eigenvalue weighted by atomic mass is 10.0. The van der Waals surface area contributed by atoms with E-state index in [1.807, 2.05) is 25.3 Å². The Morgan fingerprint density at radius 1 is 1.36 bits per heavy atom. The van der Waals surface area contributed by atoms with Crippen LogP contribution in [0.5, 0.6) is 0 Å². The highest BCUT2D eigenvalue weighted by atomic mass is 127. The molecule has 1 aliphatic rings.